The van der Waals surface area contributed by atoms with E-state index in [0.717, 1.165) is 11.1 Å². The van der Waals surface area contributed by atoms with Crippen LogP contribution < -0.4 is 5.90 Å². The van der Waals surface area contributed by atoms with Crippen molar-refractivity contribution in [2.75, 3.05) is 0 Å². The molecule has 2 N–H and O–H groups in total. The first-order valence-electron chi connectivity index (χ1n) is 5.91. The lowest BCUT2D eigenvalue weighted by atomic mass is 10.1. The quantitative estimate of drug-likeness (QED) is 0.660. The van der Waals surface area contributed by atoms with Crippen molar-refractivity contribution in [2.24, 2.45) is 5.90 Å². The highest BCUT2D eigenvalue weighted by atomic mass is 16.6. The molecule has 2 aromatic carbocycles. The molecule has 0 aromatic heterocycles. The zero-order chi connectivity index (χ0) is 13.5. The van der Waals surface area contributed by atoms with Gasteiger partial charge >= 0.3 is 5.97 Å². The van der Waals surface area contributed by atoms with Crippen LogP contribution in [-0.2, 0) is 22.8 Å². The second kappa shape index (κ2) is 6.68. The van der Waals surface area contributed by atoms with E-state index in [9.17, 15) is 4.79 Å². The second-order valence-corrected chi connectivity index (χ2v) is 4.07. The number of ether oxygens (including phenoxy) is 1. The molecular weight excluding hydrogens is 242 g/mol. The van der Waals surface area contributed by atoms with Crippen LogP contribution in [0.3, 0.4) is 0 Å². The Kier molecular flexibility index (Phi) is 4.66. The van der Waals surface area contributed by atoms with Gasteiger partial charge in [-0.3, -0.25) is 4.84 Å². The van der Waals surface area contributed by atoms with Gasteiger partial charge in [-0.25, -0.2) is 10.7 Å². The van der Waals surface area contributed by atoms with E-state index in [1.807, 2.05) is 30.3 Å². The first-order chi connectivity index (χ1) is 9.29. The molecule has 0 saturated carbocycles. The van der Waals surface area contributed by atoms with E-state index in [4.69, 9.17) is 10.6 Å². The maximum Gasteiger partial charge on any atom is 0.338 e. The fourth-order valence-electron chi connectivity index (χ4n) is 1.64. The normalized spacial score (nSPS) is 10.2. The molecular formula is C15H15NO3. The third kappa shape index (κ3) is 3.91. The molecule has 4 nitrogen and oxygen atoms in total. The van der Waals surface area contributed by atoms with E-state index < -0.39 is 0 Å². The number of carbonyl (C=O) groups excluding carboxylic acids is 1. The average Bonchev–Trinajstić information content (AvgIpc) is 2.47. The van der Waals surface area contributed by atoms with E-state index in [-0.39, 0.29) is 12.6 Å². The molecule has 0 saturated heterocycles. The van der Waals surface area contributed by atoms with Crippen LogP contribution in [0.5, 0.6) is 0 Å². The molecule has 4 heteroatoms. The van der Waals surface area contributed by atoms with Gasteiger partial charge in [0.15, 0.2) is 0 Å². The first kappa shape index (κ1) is 13.3. The minimum Gasteiger partial charge on any atom is -0.457 e. The van der Waals surface area contributed by atoms with Gasteiger partial charge in [0.1, 0.15) is 6.61 Å². The van der Waals surface area contributed by atoms with Gasteiger partial charge in [0.05, 0.1) is 12.2 Å². The van der Waals surface area contributed by atoms with Gasteiger partial charge in [-0.1, -0.05) is 42.5 Å². The molecule has 2 rings (SSSR count). The van der Waals surface area contributed by atoms with Crippen LogP contribution in [-0.4, -0.2) is 5.97 Å². The molecule has 0 spiro atoms. The maximum absolute atomic E-state index is 11.8. The molecule has 0 aliphatic rings. The summed E-state index contributed by atoms with van der Waals surface area (Å²) in [5, 5.41) is 0. The Bertz CT molecular complexity index is 523. The van der Waals surface area contributed by atoms with E-state index in [1.165, 1.54) is 0 Å². The Hall–Kier alpha value is -2.17. The molecule has 0 aliphatic heterocycles. The number of benzene rings is 2. The van der Waals surface area contributed by atoms with Crippen molar-refractivity contribution in [2.45, 2.75) is 13.2 Å². The van der Waals surface area contributed by atoms with Crippen molar-refractivity contribution in [1.82, 2.24) is 0 Å². The minimum absolute atomic E-state index is 0.271. The molecule has 0 amide bonds. The van der Waals surface area contributed by atoms with Crippen LogP contribution >= 0.6 is 0 Å². The predicted octanol–water partition coefficient (Wildman–Crippen LogP) is 2.43. The lowest BCUT2D eigenvalue weighted by molar-refractivity contribution is 0.0472. The van der Waals surface area contributed by atoms with Crippen molar-refractivity contribution >= 4 is 5.97 Å². The topological polar surface area (TPSA) is 61.5 Å². The molecule has 0 bridgehead atoms. The molecule has 0 aliphatic carbocycles. The molecule has 98 valence electrons. The van der Waals surface area contributed by atoms with Gasteiger partial charge in [-0.15, -0.1) is 0 Å². The summed E-state index contributed by atoms with van der Waals surface area (Å²) >= 11 is 0. The molecule has 19 heavy (non-hydrogen) atoms. The van der Waals surface area contributed by atoms with Crippen LogP contribution in [0, 0.1) is 0 Å². The Labute approximate surface area is 111 Å². The molecule has 0 atom stereocenters. The van der Waals surface area contributed by atoms with Crippen molar-refractivity contribution < 1.29 is 14.4 Å². The summed E-state index contributed by atoms with van der Waals surface area (Å²) in [5.74, 6) is 4.64. The van der Waals surface area contributed by atoms with Crippen LogP contribution in [0.1, 0.15) is 21.5 Å². The Morgan fingerprint density at radius 3 is 2.16 bits per heavy atom. The van der Waals surface area contributed by atoms with Gasteiger partial charge in [0.25, 0.3) is 0 Å². The lowest BCUT2D eigenvalue weighted by Crippen LogP contribution is -2.05. The third-order valence-corrected chi connectivity index (χ3v) is 2.65. The lowest BCUT2D eigenvalue weighted by Gasteiger charge is -2.05. The SMILES string of the molecule is NOCc1ccc(C(=O)OCc2ccccc2)cc1. The van der Waals surface area contributed by atoms with E-state index in [1.54, 1.807) is 24.3 Å². The first-order valence-corrected chi connectivity index (χ1v) is 5.91. The van der Waals surface area contributed by atoms with Gasteiger partial charge in [-0.2, -0.15) is 0 Å². The average molecular weight is 257 g/mol. The monoisotopic (exact) mass is 257 g/mol. The van der Waals surface area contributed by atoms with Crippen LogP contribution in [0.15, 0.2) is 54.6 Å². The summed E-state index contributed by atoms with van der Waals surface area (Å²) in [6.45, 7) is 0.590. The standard InChI is InChI=1S/C15H15NO3/c16-19-11-13-6-8-14(9-7-13)15(17)18-10-12-4-2-1-3-5-12/h1-9H,10-11,16H2. The van der Waals surface area contributed by atoms with Gasteiger partial charge in [0.2, 0.25) is 0 Å². The highest BCUT2D eigenvalue weighted by molar-refractivity contribution is 5.89. The fourth-order valence-corrected chi connectivity index (χ4v) is 1.64. The zero-order valence-corrected chi connectivity index (χ0v) is 10.4. The number of hydrogen-bond acceptors (Lipinski definition) is 4. The predicted molar refractivity (Wildman–Crippen MR) is 71.0 cm³/mol. The highest BCUT2D eigenvalue weighted by Gasteiger charge is 2.07. The van der Waals surface area contributed by atoms with Crippen molar-refractivity contribution in [3.05, 3.63) is 71.3 Å². The Balaban J connectivity index is 1.92. The second-order valence-electron chi connectivity index (χ2n) is 4.07. The highest BCUT2D eigenvalue weighted by Crippen LogP contribution is 2.08. The molecule has 0 radical (unpaired) electrons. The van der Waals surface area contributed by atoms with Crippen LogP contribution in [0.4, 0.5) is 0 Å². The minimum atomic E-state index is -0.343. The summed E-state index contributed by atoms with van der Waals surface area (Å²) in [6.07, 6.45) is 0. The van der Waals surface area contributed by atoms with Gasteiger partial charge in [-0.05, 0) is 23.3 Å². The summed E-state index contributed by atoms with van der Waals surface area (Å²) in [6, 6.07) is 16.5. The van der Waals surface area contributed by atoms with Crippen molar-refractivity contribution in [1.29, 1.82) is 0 Å². The van der Waals surface area contributed by atoms with Gasteiger partial charge < -0.3 is 4.74 Å². The molecule has 0 unspecified atom stereocenters. The molecule has 0 heterocycles. The van der Waals surface area contributed by atoms with Crippen LogP contribution in [0.2, 0.25) is 0 Å². The summed E-state index contributed by atoms with van der Waals surface area (Å²) in [7, 11) is 0. The number of esters is 1. The van der Waals surface area contributed by atoms with E-state index in [0.29, 0.717) is 12.2 Å². The van der Waals surface area contributed by atoms with Crippen LogP contribution in [0.25, 0.3) is 0 Å². The fraction of sp³-hybridized carbons (Fsp3) is 0.133. The van der Waals surface area contributed by atoms with E-state index in [2.05, 4.69) is 4.84 Å². The third-order valence-electron chi connectivity index (χ3n) is 2.65. The Morgan fingerprint density at radius 1 is 0.895 bits per heavy atom. The maximum atomic E-state index is 11.8. The van der Waals surface area contributed by atoms with Gasteiger partial charge in [0, 0.05) is 0 Å². The van der Waals surface area contributed by atoms with Crippen molar-refractivity contribution in [3.8, 4) is 0 Å². The Morgan fingerprint density at radius 2 is 1.53 bits per heavy atom. The zero-order valence-electron chi connectivity index (χ0n) is 10.4. The van der Waals surface area contributed by atoms with Crippen molar-refractivity contribution in [3.63, 3.8) is 0 Å². The van der Waals surface area contributed by atoms with E-state index >= 15 is 0 Å². The number of hydrogen-bond donors (Lipinski definition) is 1. The smallest absolute Gasteiger partial charge is 0.338 e. The summed E-state index contributed by atoms with van der Waals surface area (Å²) < 4.78 is 5.22. The number of carbonyl (C=O) groups is 1. The summed E-state index contributed by atoms with van der Waals surface area (Å²) in [5.41, 5.74) is 2.38. The summed E-state index contributed by atoms with van der Waals surface area (Å²) in [4.78, 5) is 16.3. The largest absolute Gasteiger partial charge is 0.457 e. The molecule has 0 fully saturated rings. The molecule has 2 aromatic rings. The number of rotatable bonds is 5. The number of nitrogens with two attached hydrogens (primary N) is 1.